The topological polar surface area (TPSA) is 55.1 Å². The van der Waals surface area contributed by atoms with E-state index in [1.807, 2.05) is 18.1 Å². The van der Waals surface area contributed by atoms with Gasteiger partial charge in [-0.15, -0.1) is 0 Å². The van der Waals surface area contributed by atoms with Crippen LogP contribution >= 0.6 is 11.8 Å². The molecule has 0 radical (unpaired) electrons. The molecule has 0 saturated heterocycles. The van der Waals surface area contributed by atoms with Gasteiger partial charge >= 0.3 is 5.97 Å². The molecular weight excluding hydrogens is 272 g/mol. The van der Waals surface area contributed by atoms with Crippen LogP contribution < -0.4 is 0 Å². The molecule has 1 aromatic heterocycles. The average molecular weight is 290 g/mol. The van der Waals surface area contributed by atoms with Crippen molar-refractivity contribution in [3.63, 3.8) is 0 Å². The molecule has 3 rings (SSSR count). The maximum absolute atomic E-state index is 11.1. The largest absolute Gasteiger partial charge is 0.478 e. The van der Waals surface area contributed by atoms with Gasteiger partial charge in [0.25, 0.3) is 0 Å². The van der Waals surface area contributed by atoms with Crippen molar-refractivity contribution in [2.75, 3.05) is 6.26 Å². The molecule has 2 unspecified atom stereocenters. The minimum absolute atomic E-state index is 0.330. The van der Waals surface area contributed by atoms with E-state index in [4.69, 9.17) is 5.11 Å². The number of carbonyl (C=O) groups is 1. The SMILES string of the molecule is CSC1CCCC(n2cnc3ccc(C(=O)O)cc32)C1. The predicted octanol–water partition coefficient (Wildman–Crippen LogP) is 3.58. The zero-order chi connectivity index (χ0) is 14.1. The molecule has 1 N–H and O–H groups in total. The molecule has 1 aliphatic rings. The molecule has 1 saturated carbocycles. The third-order valence-corrected chi connectivity index (χ3v) is 5.24. The van der Waals surface area contributed by atoms with Crippen molar-refractivity contribution in [3.05, 3.63) is 30.1 Å². The van der Waals surface area contributed by atoms with Crippen molar-refractivity contribution < 1.29 is 9.90 Å². The number of thioether (sulfide) groups is 1. The number of nitrogens with zero attached hydrogens (tertiary/aromatic N) is 2. The highest BCUT2D eigenvalue weighted by Gasteiger charge is 2.23. The quantitative estimate of drug-likeness (QED) is 0.938. The Hall–Kier alpha value is -1.49. The normalized spacial score (nSPS) is 23.1. The number of aromatic carboxylic acids is 1. The molecule has 1 aliphatic carbocycles. The van der Waals surface area contributed by atoms with Crippen molar-refractivity contribution in [1.82, 2.24) is 9.55 Å². The van der Waals surface area contributed by atoms with E-state index in [0.717, 1.165) is 23.9 Å². The summed E-state index contributed by atoms with van der Waals surface area (Å²) in [6.07, 6.45) is 8.84. The number of carboxylic acid groups (broad SMARTS) is 1. The molecule has 1 fully saturated rings. The second kappa shape index (κ2) is 5.48. The Balaban J connectivity index is 1.98. The summed E-state index contributed by atoms with van der Waals surface area (Å²) >= 11 is 1.93. The summed E-state index contributed by atoms with van der Waals surface area (Å²) in [6.45, 7) is 0. The maximum atomic E-state index is 11.1. The Labute approximate surface area is 122 Å². The smallest absolute Gasteiger partial charge is 0.335 e. The first-order chi connectivity index (χ1) is 9.69. The molecule has 2 aromatic rings. The zero-order valence-corrected chi connectivity index (χ0v) is 12.3. The molecule has 1 aromatic carbocycles. The second-order valence-corrected chi connectivity index (χ2v) is 6.48. The summed E-state index contributed by atoms with van der Waals surface area (Å²) in [4.78, 5) is 15.5. The number of hydrogen-bond acceptors (Lipinski definition) is 3. The van der Waals surface area contributed by atoms with Crippen LogP contribution in [0, 0.1) is 0 Å². The maximum Gasteiger partial charge on any atom is 0.335 e. The summed E-state index contributed by atoms with van der Waals surface area (Å²) in [7, 11) is 0. The van der Waals surface area contributed by atoms with Gasteiger partial charge in [-0.3, -0.25) is 0 Å². The van der Waals surface area contributed by atoms with Crippen LogP contribution in [0.15, 0.2) is 24.5 Å². The Kier molecular flexibility index (Phi) is 3.70. The van der Waals surface area contributed by atoms with Gasteiger partial charge in [-0.05, 0) is 43.7 Å². The van der Waals surface area contributed by atoms with Crippen molar-refractivity contribution in [1.29, 1.82) is 0 Å². The molecule has 2 atom stereocenters. The molecule has 0 amide bonds. The first-order valence-electron chi connectivity index (χ1n) is 6.91. The molecule has 0 spiro atoms. The van der Waals surface area contributed by atoms with Crippen LogP contribution in [0.5, 0.6) is 0 Å². The molecule has 0 bridgehead atoms. The minimum atomic E-state index is -0.884. The van der Waals surface area contributed by atoms with E-state index in [1.165, 1.54) is 12.8 Å². The summed E-state index contributed by atoms with van der Waals surface area (Å²) in [6, 6.07) is 5.60. The third kappa shape index (κ3) is 2.42. The van der Waals surface area contributed by atoms with E-state index in [0.29, 0.717) is 16.9 Å². The van der Waals surface area contributed by atoms with Gasteiger partial charge in [-0.25, -0.2) is 9.78 Å². The molecule has 5 heteroatoms. The number of rotatable bonds is 3. The van der Waals surface area contributed by atoms with Crippen LogP contribution in [0.3, 0.4) is 0 Å². The van der Waals surface area contributed by atoms with E-state index in [9.17, 15) is 4.79 Å². The summed E-state index contributed by atoms with van der Waals surface area (Å²) < 4.78 is 2.17. The van der Waals surface area contributed by atoms with Gasteiger partial charge in [-0.2, -0.15) is 11.8 Å². The van der Waals surface area contributed by atoms with E-state index < -0.39 is 5.97 Å². The Bertz CT molecular complexity index is 638. The highest BCUT2D eigenvalue weighted by atomic mass is 32.2. The van der Waals surface area contributed by atoms with Gasteiger partial charge in [0.15, 0.2) is 0 Å². The summed E-state index contributed by atoms with van der Waals surface area (Å²) in [5.41, 5.74) is 2.15. The monoisotopic (exact) mass is 290 g/mol. The standard InChI is InChI=1S/C15H18N2O2S/c1-20-12-4-2-3-11(8-12)17-9-16-13-6-5-10(15(18)19)7-14(13)17/h5-7,9,11-12H,2-4,8H2,1H3,(H,18,19). The van der Waals surface area contributed by atoms with Gasteiger partial charge in [0, 0.05) is 11.3 Å². The lowest BCUT2D eigenvalue weighted by molar-refractivity contribution is 0.0697. The van der Waals surface area contributed by atoms with Crippen molar-refractivity contribution in [2.45, 2.75) is 37.0 Å². The van der Waals surface area contributed by atoms with Gasteiger partial charge in [0.1, 0.15) is 0 Å². The fraction of sp³-hybridized carbons (Fsp3) is 0.467. The number of imidazole rings is 1. The van der Waals surface area contributed by atoms with Crippen LogP contribution in [0.1, 0.15) is 42.1 Å². The van der Waals surface area contributed by atoms with Crippen LogP contribution in [0.2, 0.25) is 0 Å². The number of hydrogen-bond donors (Lipinski definition) is 1. The Morgan fingerprint density at radius 1 is 1.45 bits per heavy atom. The predicted molar refractivity (Wildman–Crippen MR) is 81.5 cm³/mol. The van der Waals surface area contributed by atoms with Crippen molar-refractivity contribution in [3.8, 4) is 0 Å². The first kappa shape index (κ1) is 13.5. The fourth-order valence-corrected chi connectivity index (χ4v) is 3.85. The minimum Gasteiger partial charge on any atom is -0.478 e. The van der Waals surface area contributed by atoms with E-state index in [-0.39, 0.29) is 0 Å². The van der Waals surface area contributed by atoms with E-state index in [1.54, 1.807) is 18.2 Å². The second-order valence-electron chi connectivity index (χ2n) is 5.34. The Morgan fingerprint density at radius 3 is 3.05 bits per heavy atom. The first-order valence-corrected chi connectivity index (χ1v) is 8.20. The summed E-state index contributed by atoms with van der Waals surface area (Å²) in [5.74, 6) is -0.884. The molecule has 1 heterocycles. The Morgan fingerprint density at radius 2 is 2.30 bits per heavy atom. The molecule has 0 aliphatic heterocycles. The molecule has 106 valence electrons. The van der Waals surface area contributed by atoms with Crippen LogP contribution in [-0.4, -0.2) is 32.1 Å². The number of aromatic nitrogens is 2. The highest BCUT2D eigenvalue weighted by molar-refractivity contribution is 7.99. The average Bonchev–Trinajstić information content (AvgIpc) is 2.90. The van der Waals surface area contributed by atoms with Crippen LogP contribution in [0.25, 0.3) is 11.0 Å². The van der Waals surface area contributed by atoms with Crippen LogP contribution in [0.4, 0.5) is 0 Å². The molecular formula is C15H18N2O2S. The fourth-order valence-electron chi connectivity index (χ4n) is 3.04. The van der Waals surface area contributed by atoms with Crippen molar-refractivity contribution >= 4 is 28.8 Å². The molecule has 4 nitrogen and oxygen atoms in total. The van der Waals surface area contributed by atoms with Gasteiger partial charge in [0.05, 0.1) is 22.9 Å². The number of benzene rings is 1. The third-order valence-electron chi connectivity index (χ3n) is 4.15. The van der Waals surface area contributed by atoms with Gasteiger partial charge in [-0.1, -0.05) is 6.42 Å². The highest BCUT2D eigenvalue weighted by Crippen LogP contribution is 2.35. The van der Waals surface area contributed by atoms with Gasteiger partial charge < -0.3 is 9.67 Å². The van der Waals surface area contributed by atoms with Crippen LogP contribution in [-0.2, 0) is 0 Å². The van der Waals surface area contributed by atoms with Crippen molar-refractivity contribution in [2.24, 2.45) is 0 Å². The van der Waals surface area contributed by atoms with E-state index in [2.05, 4.69) is 15.8 Å². The molecule has 20 heavy (non-hydrogen) atoms. The number of carboxylic acids is 1. The van der Waals surface area contributed by atoms with Gasteiger partial charge in [0.2, 0.25) is 0 Å². The lowest BCUT2D eigenvalue weighted by Gasteiger charge is -2.29. The summed E-state index contributed by atoms with van der Waals surface area (Å²) in [5, 5.41) is 9.83. The van der Waals surface area contributed by atoms with E-state index >= 15 is 0 Å². The zero-order valence-electron chi connectivity index (χ0n) is 11.5. The number of fused-ring (bicyclic) bond motifs is 1. The lowest BCUT2D eigenvalue weighted by Crippen LogP contribution is -2.20. The lowest BCUT2D eigenvalue weighted by atomic mass is 9.94.